The first-order chi connectivity index (χ1) is 29.8. The molecule has 0 aliphatic carbocycles. The van der Waals surface area contributed by atoms with Gasteiger partial charge >= 0.3 is 6.09 Å². The zero-order valence-electron chi connectivity index (χ0n) is 36.3. The van der Waals surface area contributed by atoms with E-state index in [9.17, 15) is 64.5 Å². The molecule has 0 aromatic heterocycles. The van der Waals surface area contributed by atoms with Gasteiger partial charge in [-0.25, -0.2) is 4.79 Å². The van der Waals surface area contributed by atoms with Crippen molar-refractivity contribution < 1.29 is 116 Å². The molecule has 12 unspecified atom stereocenters. The number of unbranched alkanes of at least 4 members (excludes halogenated alkanes) is 2. The Kier molecular flexibility index (Phi) is 21.3. The molecule has 23 nitrogen and oxygen atoms in total. The van der Waals surface area contributed by atoms with E-state index in [4.69, 9.17) is 24.7 Å². The van der Waals surface area contributed by atoms with Crippen LogP contribution in [0.4, 0.5) is 10.5 Å². The summed E-state index contributed by atoms with van der Waals surface area (Å²) >= 11 is 0. The van der Waals surface area contributed by atoms with Crippen molar-refractivity contribution in [1.29, 1.82) is 0 Å². The van der Waals surface area contributed by atoms with Crippen LogP contribution >= 0.6 is 0 Å². The fourth-order valence-electron chi connectivity index (χ4n) is 7.18. The van der Waals surface area contributed by atoms with Gasteiger partial charge in [0.2, 0.25) is 29.9 Å². The van der Waals surface area contributed by atoms with Gasteiger partial charge in [-0.2, -0.15) is 0 Å². The van der Waals surface area contributed by atoms with Gasteiger partial charge in [-0.1, -0.05) is 53.0 Å². The predicted molar refractivity (Wildman–Crippen MR) is 216 cm³/mol. The number of anilines is 1. The van der Waals surface area contributed by atoms with Crippen molar-refractivity contribution in [3.05, 3.63) is 29.5 Å². The minimum absolute atomic E-state index is 0. The molecule has 4 saturated heterocycles. The third-order valence-electron chi connectivity index (χ3n) is 11.3. The smallest absolute Gasteiger partial charge is 0.409 e. The van der Waals surface area contributed by atoms with Gasteiger partial charge < -0.3 is 76.0 Å². The maximum Gasteiger partial charge on any atom is 0.409 e. The first kappa shape index (κ1) is 54.9. The summed E-state index contributed by atoms with van der Waals surface area (Å²) < 4.78 is 21.6. The van der Waals surface area contributed by atoms with Gasteiger partial charge in [0, 0.05) is 65.1 Å². The van der Waals surface area contributed by atoms with E-state index in [1.165, 1.54) is 37.5 Å². The van der Waals surface area contributed by atoms with Crippen LogP contribution in [0, 0.1) is 5.41 Å². The number of alkyl carbamates (subject to hydrolysis) is 1. The van der Waals surface area contributed by atoms with Crippen molar-refractivity contribution in [2.24, 2.45) is 5.41 Å². The first-order valence-electron chi connectivity index (χ1n) is 21.0. The van der Waals surface area contributed by atoms with E-state index in [-0.39, 0.29) is 93.9 Å². The Morgan fingerprint density at radius 3 is 2.16 bits per heavy atom. The number of rotatable bonds is 18. The van der Waals surface area contributed by atoms with E-state index in [1.807, 2.05) is 0 Å². The Bertz CT molecular complexity index is 1780. The summed E-state index contributed by atoms with van der Waals surface area (Å²) in [6.07, 6.45) is -12.7. The standard InChI is InChI=1S/C35H49N6O17.C5H12.Y/c1-3-35(2)11-22(46)40(33(35)53)9-7-20(44)37-8-6-21(45)38-16-10-15(4-5-17(16)57-32-28(51)26(49)24(47)19(13-43)58-32)14-55-34(54)39-30-31(52)41(30)23-18(12-42)56-29(36)27(50)25(23)48;1-3-5-4-2;/h4-5,10,18-19,23-30,32,36,42-43,47-51H,3,6-9,11-14H2,1-2H3,(H,37,44)(H,38,45)(H,39,54);3-5H2,1-2H3;/q-1;;. The molecule has 357 valence electrons. The maximum absolute atomic E-state index is 13.1. The van der Waals surface area contributed by atoms with Crippen molar-refractivity contribution in [3.63, 3.8) is 0 Å². The Morgan fingerprint density at radius 1 is 0.891 bits per heavy atom. The molecule has 5 rings (SSSR count). The number of aliphatic hydroxyl groups is 7. The van der Waals surface area contributed by atoms with Gasteiger partial charge in [0.05, 0.1) is 36.5 Å². The van der Waals surface area contributed by atoms with Crippen molar-refractivity contribution in [1.82, 2.24) is 20.4 Å². The molecule has 24 heteroatoms. The molecular formula is C40H61N6O17Y-. The number of amides is 6. The van der Waals surface area contributed by atoms with Gasteiger partial charge in [-0.05, 0) is 30.3 Å². The molecule has 1 radical (unpaired) electrons. The van der Waals surface area contributed by atoms with Gasteiger partial charge in [0.15, 0.2) is 6.17 Å². The van der Waals surface area contributed by atoms with Crippen LogP contribution < -0.4 is 20.7 Å². The number of likely N-dealkylation sites (tertiary alicyclic amines) is 1. The summed E-state index contributed by atoms with van der Waals surface area (Å²) in [7, 11) is 0. The second-order valence-electron chi connectivity index (χ2n) is 16.0. The first-order valence-corrected chi connectivity index (χ1v) is 21.0. The van der Waals surface area contributed by atoms with Crippen molar-refractivity contribution in [3.8, 4) is 5.75 Å². The Morgan fingerprint density at radius 2 is 1.56 bits per heavy atom. The summed E-state index contributed by atoms with van der Waals surface area (Å²) in [5, 5.41) is 78.0. The summed E-state index contributed by atoms with van der Waals surface area (Å²) in [6, 6.07) is 2.71. The minimum atomic E-state index is -1.81. The van der Waals surface area contributed by atoms with Gasteiger partial charge in [0.1, 0.15) is 49.0 Å². The number of benzene rings is 1. The van der Waals surface area contributed by atoms with Gasteiger partial charge in [0.25, 0.3) is 5.91 Å². The summed E-state index contributed by atoms with van der Waals surface area (Å²) in [6.45, 7) is 5.74. The van der Waals surface area contributed by atoms with Crippen molar-refractivity contribution in [2.75, 3.05) is 31.6 Å². The SMILES string of the molecule is CCC1(C)CC(=O)N(CCC(=O)NCCC(=O)Nc2cc(COC(=O)NC3C(=O)N3C3C(CO)OC([NH-])C(O)C3O)ccc2OC2OC(CO)C(O)C(O)C2O)C1=O.CCCCC.[Y]. The quantitative estimate of drug-likeness (QED) is 0.0580. The van der Waals surface area contributed by atoms with Gasteiger partial charge in [-0.15, -0.1) is 0 Å². The van der Waals surface area contributed by atoms with Crippen LogP contribution in [0.5, 0.6) is 5.75 Å². The number of carbonyl (C=O) groups is 6. The summed E-state index contributed by atoms with van der Waals surface area (Å²) in [5.74, 6) is -2.73. The molecule has 0 saturated carbocycles. The minimum Gasteiger partial charge on any atom is -0.649 e. The average Bonchev–Trinajstić information content (AvgIpc) is 3.81. The molecule has 1 aromatic carbocycles. The molecule has 4 aliphatic rings. The number of ether oxygens (including phenoxy) is 4. The molecule has 0 spiro atoms. The zero-order chi connectivity index (χ0) is 46.8. The second-order valence-corrected chi connectivity index (χ2v) is 16.0. The topological polar surface area (TPSA) is 347 Å². The van der Waals surface area contributed by atoms with Crippen LogP contribution in [-0.2, 0) is 77.5 Å². The third-order valence-corrected chi connectivity index (χ3v) is 11.3. The predicted octanol–water partition coefficient (Wildman–Crippen LogP) is -1.68. The number of aliphatic hydroxyl groups excluding tert-OH is 7. The number of hydrogen-bond acceptors (Lipinski definition) is 17. The molecule has 0 bridgehead atoms. The molecule has 4 aliphatic heterocycles. The Balaban J connectivity index is 0.00000172. The molecular weight excluding hydrogens is 925 g/mol. The van der Waals surface area contributed by atoms with Crippen molar-refractivity contribution in [2.45, 2.75) is 147 Å². The van der Waals surface area contributed by atoms with Crippen molar-refractivity contribution >= 4 is 41.3 Å². The van der Waals surface area contributed by atoms with E-state index in [0.29, 0.717) is 6.42 Å². The van der Waals surface area contributed by atoms with Crippen LogP contribution in [0.3, 0.4) is 0 Å². The van der Waals surface area contributed by atoms with Crippen LogP contribution in [0.2, 0.25) is 0 Å². The molecule has 12 atom stereocenters. The van der Waals surface area contributed by atoms with Gasteiger partial charge in [-0.3, -0.25) is 34.2 Å². The normalized spacial score (nSPS) is 31.0. The van der Waals surface area contributed by atoms with Crippen LogP contribution in [0.1, 0.15) is 78.2 Å². The number of carbonyl (C=O) groups excluding carboxylic acids is 6. The Labute approximate surface area is 395 Å². The number of imide groups is 1. The zero-order valence-corrected chi connectivity index (χ0v) is 39.1. The molecule has 4 heterocycles. The molecule has 11 N–H and O–H groups in total. The fraction of sp³-hybridized carbons (Fsp3) is 0.700. The molecule has 1 aromatic rings. The molecule has 64 heavy (non-hydrogen) atoms. The van der Waals surface area contributed by atoms with Crippen LogP contribution in [0.25, 0.3) is 5.73 Å². The van der Waals surface area contributed by atoms with E-state index in [2.05, 4.69) is 29.8 Å². The monoisotopic (exact) mass is 986 g/mol. The fourth-order valence-corrected chi connectivity index (χ4v) is 7.18. The largest absolute Gasteiger partial charge is 0.649 e. The number of nitrogens with one attached hydrogen (secondary N) is 4. The number of hydrogen-bond donors (Lipinski definition) is 10. The summed E-state index contributed by atoms with van der Waals surface area (Å²) in [4.78, 5) is 77.8. The van der Waals surface area contributed by atoms with E-state index < -0.39 is 117 Å². The van der Waals surface area contributed by atoms with E-state index in [0.717, 1.165) is 9.80 Å². The maximum atomic E-state index is 13.1. The average molecular weight is 987 g/mol. The third kappa shape index (κ3) is 13.6. The van der Waals surface area contributed by atoms with E-state index >= 15 is 0 Å². The van der Waals surface area contributed by atoms with Crippen LogP contribution in [0.15, 0.2) is 18.2 Å². The Hall–Kier alpha value is -3.46. The second kappa shape index (κ2) is 24.9. The molecule has 6 amide bonds. The number of nitrogens with zero attached hydrogens (tertiary/aromatic N) is 2. The molecule has 4 fully saturated rings. The summed E-state index contributed by atoms with van der Waals surface area (Å²) in [5.41, 5.74) is 7.03. The van der Waals surface area contributed by atoms with Crippen LogP contribution in [-0.4, -0.2) is 175 Å². The van der Waals surface area contributed by atoms with E-state index in [1.54, 1.807) is 13.8 Å².